The summed E-state index contributed by atoms with van der Waals surface area (Å²) in [5, 5.41) is 12.5. The van der Waals surface area contributed by atoms with Crippen LogP contribution in [0.2, 0.25) is 5.02 Å². The summed E-state index contributed by atoms with van der Waals surface area (Å²) < 4.78 is 178. The van der Waals surface area contributed by atoms with E-state index >= 15 is 0 Å². The van der Waals surface area contributed by atoms with Crippen LogP contribution in [0.15, 0.2) is 70.9 Å². The number of alkyl halides is 8. The van der Waals surface area contributed by atoms with Crippen molar-refractivity contribution in [3.63, 3.8) is 0 Å². The maximum Gasteiger partial charge on any atom is 0.431 e. The molecule has 3 atom stereocenters. The minimum atomic E-state index is -5.26. The second-order valence-electron chi connectivity index (χ2n) is 15.8. The van der Waals surface area contributed by atoms with Gasteiger partial charge in [-0.15, -0.1) is 0 Å². The Morgan fingerprint density at radius 3 is 2.20 bits per heavy atom. The van der Waals surface area contributed by atoms with Gasteiger partial charge in [0.05, 0.1) is 27.7 Å². The number of halogens is 11. The van der Waals surface area contributed by atoms with Crippen molar-refractivity contribution < 1.29 is 86.1 Å². The SMILES string of the molecule is CC.CO.CS(=O)N(C(=O)OCOC(=O)/C=C/C=O)c1nn(CC(F)(F)F)c2c(-c3ccc(C#CC(C)(C)S(C)=O)nc3C(Cc3cc(F)cc(F)c3)NC(=O)CN=C3/C(=C(\N)C(F)(F)F)CCC3(F)F)ccc(Cl)c12. The minimum Gasteiger partial charge on any atom is -0.425 e. The molecule has 0 bridgehead atoms. The number of nitrogens with zero attached hydrogens (tertiary/aromatic N) is 5. The van der Waals surface area contributed by atoms with Crippen LogP contribution >= 0.6 is 11.6 Å². The van der Waals surface area contributed by atoms with Gasteiger partial charge in [-0.25, -0.2) is 27.6 Å². The number of aliphatic hydroxyl groups excluding tert-OH is 1. The number of rotatable bonds is 15. The molecule has 5 rings (SSSR count). The molecule has 1 fully saturated rings. The number of esters is 1. The molecule has 2 aromatic carbocycles. The van der Waals surface area contributed by atoms with E-state index in [4.69, 9.17) is 27.2 Å². The lowest BCUT2D eigenvalue weighted by Crippen LogP contribution is -2.34. The van der Waals surface area contributed by atoms with Crippen molar-refractivity contribution in [1.29, 1.82) is 0 Å². The molecule has 2 amide bonds. The number of carbonyl (C=O) groups is 4. The van der Waals surface area contributed by atoms with Gasteiger partial charge in [0, 0.05) is 65.7 Å². The molecule has 1 saturated carbocycles. The third kappa shape index (κ3) is 16.6. The first kappa shape index (κ1) is 63.6. The maximum absolute atomic E-state index is 15.0. The standard InChI is InChI=1S/C44H38ClF10N7O8S2.C2H6.CH4O/c1-41(2,71(3)67)13-11-26-7-8-27(28-9-10-30(45)34-36(28)61(21-43(50,51)52)60-39(34)62(72(4)68)40(66)70-22-69-33(65)6-5-15-63)35(58-26)31(18-23-16-24(46)19-25(47)17-23)59-32(64)20-57-38-29(12-14-42(38,48)49)37(56)44(53,54)55;2*1-2/h5-10,15-17,19,31H,12,14,18,20-22,56H2,1-4H3,(H,59,64);1-2H3;2H,1H3/b6-5+,37-29-,57-38?;;. The number of benzene rings is 2. The highest BCUT2D eigenvalue weighted by molar-refractivity contribution is 7.86. The van der Waals surface area contributed by atoms with E-state index in [0.29, 0.717) is 16.8 Å². The Morgan fingerprint density at radius 2 is 1.63 bits per heavy atom. The average molecular weight is 1140 g/mol. The summed E-state index contributed by atoms with van der Waals surface area (Å²) in [4.78, 5) is 57.7. The van der Waals surface area contributed by atoms with E-state index in [-0.39, 0.29) is 38.7 Å². The molecule has 3 unspecified atom stereocenters. The Balaban J connectivity index is 0.00000371. The van der Waals surface area contributed by atoms with Crippen LogP contribution in [0.25, 0.3) is 22.0 Å². The second-order valence-corrected chi connectivity index (χ2v) is 19.4. The molecule has 1 aliphatic carbocycles. The number of aliphatic hydroxyl groups is 1. The van der Waals surface area contributed by atoms with Crippen molar-refractivity contribution in [3.05, 3.63) is 99.5 Å². The Bertz CT molecular complexity index is 3010. The summed E-state index contributed by atoms with van der Waals surface area (Å²) in [5.41, 5.74) is -1.06. The van der Waals surface area contributed by atoms with Crippen LogP contribution in [-0.2, 0) is 58.6 Å². The summed E-state index contributed by atoms with van der Waals surface area (Å²) >= 11 is 6.62. The first-order valence-corrected chi connectivity index (χ1v) is 25.3. The highest BCUT2D eigenvalue weighted by Gasteiger charge is 2.48. The molecule has 0 spiro atoms. The molecular weight excluding hydrogens is 1100 g/mol. The predicted molar refractivity (Wildman–Crippen MR) is 262 cm³/mol. The van der Waals surface area contributed by atoms with E-state index in [2.05, 4.69) is 37.0 Å². The van der Waals surface area contributed by atoms with Gasteiger partial charge in [-0.3, -0.25) is 23.5 Å². The zero-order valence-electron chi connectivity index (χ0n) is 41.1. The number of allylic oxidation sites excluding steroid dienone is 3. The van der Waals surface area contributed by atoms with Gasteiger partial charge in [0.1, 0.15) is 63.8 Å². The first-order chi connectivity index (χ1) is 35.4. The van der Waals surface area contributed by atoms with Gasteiger partial charge in [-0.2, -0.15) is 44.5 Å². The van der Waals surface area contributed by atoms with Crippen molar-refractivity contribution in [2.45, 2.75) is 82.6 Å². The third-order valence-corrected chi connectivity index (χ3v) is 12.9. The van der Waals surface area contributed by atoms with E-state index in [1.165, 1.54) is 32.2 Å². The van der Waals surface area contributed by atoms with E-state index in [1.54, 1.807) is 0 Å². The molecule has 16 nitrogen and oxygen atoms in total. The lowest BCUT2D eigenvalue weighted by atomic mass is 9.93. The van der Waals surface area contributed by atoms with Crippen LogP contribution in [0.4, 0.5) is 54.5 Å². The zero-order chi connectivity index (χ0) is 57.7. The van der Waals surface area contributed by atoms with Crippen molar-refractivity contribution in [3.8, 4) is 23.0 Å². The molecule has 4 aromatic rings. The molecule has 1 aliphatic rings. The lowest BCUT2D eigenvalue weighted by Gasteiger charge is -2.23. The zero-order valence-corrected chi connectivity index (χ0v) is 43.5. The highest BCUT2D eigenvalue weighted by Crippen LogP contribution is 2.43. The predicted octanol–water partition coefficient (Wildman–Crippen LogP) is 8.27. The van der Waals surface area contributed by atoms with Gasteiger partial charge in [0.15, 0.2) is 5.82 Å². The van der Waals surface area contributed by atoms with Gasteiger partial charge in [0.25, 0.3) is 5.92 Å². The van der Waals surface area contributed by atoms with E-state index in [1.807, 2.05) is 13.8 Å². The van der Waals surface area contributed by atoms with Gasteiger partial charge in [-0.05, 0) is 74.6 Å². The summed E-state index contributed by atoms with van der Waals surface area (Å²) in [5.74, 6) is -4.03. The summed E-state index contributed by atoms with van der Waals surface area (Å²) in [6.45, 7) is 2.62. The smallest absolute Gasteiger partial charge is 0.425 e. The Labute approximate surface area is 437 Å². The number of amides is 2. The van der Waals surface area contributed by atoms with Crippen LogP contribution in [0, 0.1) is 23.5 Å². The quantitative estimate of drug-likeness (QED) is 0.0255. The molecule has 2 aromatic heterocycles. The van der Waals surface area contributed by atoms with Crippen LogP contribution < -0.4 is 15.4 Å². The number of pyridine rings is 1. The Morgan fingerprint density at radius 1 is 1.01 bits per heavy atom. The minimum absolute atomic E-state index is 0.174. The van der Waals surface area contributed by atoms with Crippen molar-refractivity contribution in [1.82, 2.24) is 20.1 Å². The van der Waals surface area contributed by atoms with Crippen molar-refractivity contribution in [2.75, 3.05) is 37.3 Å². The van der Waals surface area contributed by atoms with Gasteiger partial charge < -0.3 is 25.6 Å². The van der Waals surface area contributed by atoms with Crippen LogP contribution in [0.1, 0.15) is 63.5 Å². The maximum atomic E-state index is 15.0. The van der Waals surface area contributed by atoms with Crippen molar-refractivity contribution >= 4 is 80.1 Å². The lowest BCUT2D eigenvalue weighted by molar-refractivity contribution is -0.145. The van der Waals surface area contributed by atoms with E-state index in [0.717, 1.165) is 43.7 Å². The first-order valence-electron chi connectivity index (χ1n) is 21.8. The fourth-order valence-electron chi connectivity index (χ4n) is 6.86. The van der Waals surface area contributed by atoms with E-state index in [9.17, 15) is 71.5 Å². The summed E-state index contributed by atoms with van der Waals surface area (Å²) in [6.07, 6.45) is -10.7. The number of aromatic nitrogens is 3. The number of nitrogens with two attached hydrogens (primary N) is 1. The summed E-state index contributed by atoms with van der Waals surface area (Å²) in [6, 6.07) is 5.13. The molecular formula is C47H48ClF10N7O9S2. The number of hydrogen-bond donors (Lipinski definition) is 3. The molecule has 414 valence electrons. The van der Waals surface area contributed by atoms with E-state index < -0.39 is 158 Å². The molecule has 29 heteroatoms. The number of carbonyl (C=O) groups excluding carboxylic acids is 4. The molecule has 0 saturated heterocycles. The van der Waals surface area contributed by atoms with Gasteiger partial charge in [0.2, 0.25) is 12.7 Å². The van der Waals surface area contributed by atoms with Crippen molar-refractivity contribution in [2.24, 2.45) is 10.7 Å². The highest BCUT2D eigenvalue weighted by atomic mass is 35.5. The van der Waals surface area contributed by atoms with Crippen LogP contribution in [-0.4, -0.2) is 114 Å². The topological polar surface area (TPSA) is 225 Å². The number of fused-ring (bicyclic) bond motifs is 1. The summed E-state index contributed by atoms with van der Waals surface area (Å²) in [7, 11) is -3.12. The van der Waals surface area contributed by atoms with Crippen LogP contribution in [0.3, 0.4) is 0 Å². The largest absolute Gasteiger partial charge is 0.431 e. The molecule has 0 aliphatic heterocycles. The molecule has 76 heavy (non-hydrogen) atoms. The number of nitrogens with one attached hydrogen (secondary N) is 1. The van der Waals surface area contributed by atoms with Gasteiger partial charge >= 0.3 is 24.4 Å². The normalized spacial score (nSPS) is 15.8. The molecule has 2 heterocycles. The van der Waals surface area contributed by atoms with Crippen LogP contribution in [0.5, 0.6) is 0 Å². The number of hydrogen-bond acceptors (Lipinski definition) is 13. The number of anilines is 1. The Kier molecular flexibility index (Phi) is 22.5. The average Bonchev–Trinajstić information content (AvgIpc) is 3.84. The monoisotopic (exact) mass is 1140 g/mol. The number of aliphatic imine (C=N–C) groups is 1. The fraction of sp³-hybridized carbons (Fsp3) is 0.383. The fourth-order valence-corrected chi connectivity index (χ4v) is 7.93. The Hall–Kier alpha value is -6.70. The number of aldehydes is 1. The molecule has 0 radical (unpaired) electrons. The third-order valence-electron chi connectivity index (χ3n) is 10.2. The number of ether oxygens (including phenoxy) is 2. The second kappa shape index (κ2) is 26.9. The molecule has 4 N–H and O–H groups in total. The van der Waals surface area contributed by atoms with Gasteiger partial charge in [-0.1, -0.05) is 37.4 Å².